The molecule has 2 aromatic rings. The van der Waals surface area contributed by atoms with Gasteiger partial charge in [0.15, 0.2) is 0 Å². The van der Waals surface area contributed by atoms with Crippen LogP contribution in [0.1, 0.15) is 4.88 Å². The van der Waals surface area contributed by atoms with E-state index in [2.05, 4.69) is 4.98 Å². The number of ether oxygens (including phenoxy) is 1. The van der Waals surface area contributed by atoms with E-state index in [0.717, 1.165) is 4.88 Å². The fourth-order valence-corrected chi connectivity index (χ4v) is 1.82. The van der Waals surface area contributed by atoms with Gasteiger partial charge in [0.1, 0.15) is 11.6 Å². The number of hydrogen-bond donors (Lipinski definition) is 0. The van der Waals surface area contributed by atoms with Gasteiger partial charge in [-0.3, -0.25) is 0 Å². The molecule has 15 heavy (non-hydrogen) atoms. The molecule has 0 atom stereocenters. The van der Waals surface area contributed by atoms with Crippen molar-refractivity contribution in [1.29, 1.82) is 0 Å². The van der Waals surface area contributed by atoms with Crippen molar-refractivity contribution in [1.82, 2.24) is 4.98 Å². The highest BCUT2D eigenvalue weighted by Crippen LogP contribution is 2.28. The van der Waals surface area contributed by atoms with Gasteiger partial charge < -0.3 is 4.74 Å². The number of aromatic nitrogens is 1. The number of nitrogens with zero attached hydrogens (tertiary/aromatic N) is 1. The number of halogens is 2. The predicted molar refractivity (Wildman–Crippen MR) is 58.3 cm³/mol. The number of benzene rings is 1. The minimum absolute atomic E-state index is 0.0424. The fraction of sp³-hybridized carbons (Fsp3) is 0.100. The summed E-state index contributed by atoms with van der Waals surface area (Å²) in [5, 5.41) is 0.566. The average Bonchev–Trinajstić information content (AvgIpc) is 2.58. The normalized spacial score (nSPS) is 10.3. The minimum atomic E-state index is -0.459. The second-order valence-electron chi connectivity index (χ2n) is 2.91. The highest BCUT2D eigenvalue weighted by Gasteiger charge is 2.04. The molecule has 0 aliphatic heterocycles. The molecule has 0 saturated carbocycles. The highest BCUT2D eigenvalue weighted by molar-refractivity contribution is 7.13. The van der Waals surface area contributed by atoms with Crippen LogP contribution in [-0.2, 0) is 0 Å². The van der Waals surface area contributed by atoms with Crippen LogP contribution in [0.2, 0.25) is 5.02 Å². The fourth-order valence-electron chi connectivity index (χ4n) is 1.02. The van der Waals surface area contributed by atoms with E-state index < -0.39 is 5.82 Å². The largest absolute Gasteiger partial charge is 0.431 e. The Morgan fingerprint density at radius 3 is 2.87 bits per heavy atom. The van der Waals surface area contributed by atoms with Gasteiger partial charge in [0.25, 0.3) is 5.19 Å². The van der Waals surface area contributed by atoms with Gasteiger partial charge in [0.2, 0.25) is 0 Å². The molecule has 1 aromatic heterocycles. The van der Waals surface area contributed by atoms with Crippen molar-refractivity contribution < 1.29 is 9.13 Å². The van der Waals surface area contributed by atoms with E-state index in [1.54, 1.807) is 6.20 Å². The van der Waals surface area contributed by atoms with Gasteiger partial charge in [0.05, 0.1) is 5.02 Å². The Morgan fingerprint density at radius 2 is 2.27 bits per heavy atom. The van der Waals surface area contributed by atoms with Gasteiger partial charge in [-0.25, -0.2) is 9.37 Å². The molecule has 2 rings (SSSR count). The van der Waals surface area contributed by atoms with Crippen LogP contribution in [-0.4, -0.2) is 4.98 Å². The number of rotatable bonds is 2. The predicted octanol–water partition coefficient (Wildman–Crippen LogP) is 4.04. The molecule has 0 aliphatic rings. The first-order valence-corrected chi connectivity index (χ1v) is 5.40. The summed E-state index contributed by atoms with van der Waals surface area (Å²) in [5.41, 5.74) is 0. The van der Waals surface area contributed by atoms with E-state index in [4.69, 9.17) is 16.3 Å². The zero-order valence-electron chi connectivity index (χ0n) is 7.83. The van der Waals surface area contributed by atoms with Gasteiger partial charge >= 0.3 is 0 Å². The lowest BCUT2D eigenvalue weighted by Gasteiger charge is -2.01. The van der Waals surface area contributed by atoms with Crippen LogP contribution in [0.4, 0.5) is 4.39 Å². The van der Waals surface area contributed by atoms with Crippen LogP contribution in [0.15, 0.2) is 24.4 Å². The van der Waals surface area contributed by atoms with Gasteiger partial charge in [-0.05, 0) is 19.1 Å². The van der Waals surface area contributed by atoms with Gasteiger partial charge in [-0.1, -0.05) is 22.9 Å². The quantitative estimate of drug-likeness (QED) is 0.794. The van der Waals surface area contributed by atoms with Crippen LogP contribution in [0.3, 0.4) is 0 Å². The van der Waals surface area contributed by atoms with Crippen LogP contribution in [0.25, 0.3) is 0 Å². The first-order valence-electron chi connectivity index (χ1n) is 4.20. The van der Waals surface area contributed by atoms with E-state index in [0.29, 0.717) is 10.9 Å². The molecule has 0 amide bonds. The van der Waals surface area contributed by atoms with Crippen LogP contribution in [0.5, 0.6) is 10.9 Å². The Kier molecular flexibility index (Phi) is 2.88. The Balaban J connectivity index is 2.21. The second-order valence-corrected chi connectivity index (χ2v) is 4.52. The molecule has 0 spiro atoms. The maximum atomic E-state index is 12.8. The molecule has 78 valence electrons. The maximum absolute atomic E-state index is 12.8. The van der Waals surface area contributed by atoms with Crippen molar-refractivity contribution in [2.75, 3.05) is 0 Å². The van der Waals surface area contributed by atoms with Crippen molar-refractivity contribution in [2.24, 2.45) is 0 Å². The summed E-state index contributed by atoms with van der Waals surface area (Å²) in [6.45, 7) is 1.93. The summed E-state index contributed by atoms with van der Waals surface area (Å²) in [6, 6.07) is 4.20. The lowest BCUT2D eigenvalue weighted by Crippen LogP contribution is -1.84. The zero-order valence-corrected chi connectivity index (χ0v) is 9.40. The highest BCUT2D eigenvalue weighted by atomic mass is 35.5. The number of thiazole rings is 1. The topological polar surface area (TPSA) is 22.1 Å². The van der Waals surface area contributed by atoms with E-state index >= 15 is 0 Å². The van der Waals surface area contributed by atoms with E-state index in [1.165, 1.54) is 29.5 Å². The summed E-state index contributed by atoms with van der Waals surface area (Å²) in [6.07, 6.45) is 1.71. The van der Waals surface area contributed by atoms with Crippen LogP contribution >= 0.6 is 22.9 Å². The molecule has 0 saturated heterocycles. The van der Waals surface area contributed by atoms with Gasteiger partial charge in [-0.15, -0.1) is 0 Å². The summed E-state index contributed by atoms with van der Waals surface area (Å²) in [5.74, 6) is 0.0232. The van der Waals surface area contributed by atoms with Gasteiger partial charge in [0, 0.05) is 17.1 Å². The number of hydrogen-bond acceptors (Lipinski definition) is 3. The van der Waals surface area contributed by atoms with Crippen molar-refractivity contribution in [2.45, 2.75) is 6.92 Å². The molecular weight excluding hydrogens is 237 g/mol. The molecular formula is C10H7ClFNOS. The molecule has 0 aliphatic carbocycles. The zero-order chi connectivity index (χ0) is 10.8. The Labute approximate surface area is 95.3 Å². The van der Waals surface area contributed by atoms with Crippen LogP contribution < -0.4 is 4.74 Å². The smallest absolute Gasteiger partial charge is 0.278 e. The second kappa shape index (κ2) is 4.16. The van der Waals surface area contributed by atoms with Gasteiger partial charge in [-0.2, -0.15) is 0 Å². The molecule has 0 radical (unpaired) electrons. The Hall–Kier alpha value is -1.13. The maximum Gasteiger partial charge on any atom is 0.278 e. The summed E-state index contributed by atoms with van der Waals surface area (Å²) in [7, 11) is 0. The third-order valence-corrected chi connectivity index (χ3v) is 2.78. The molecule has 0 fully saturated rings. The van der Waals surface area contributed by atoms with Crippen molar-refractivity contribution in [3.8, 4) is 10.9 Å². The standard InChI is InChI=1S/C10H7ClFNOS/c1-6-5-13-10(15-6)14-7-2-3-9(12)8(11)4-7/h2-5H,1H3. The van der Waals surface area contributed by atoms with Crippen LogP contribution in [0, 0.1) is 12.7 Å². The SMILES string of the molecule is Cc1cnc(Oc2ccc(F)c(Cl)c2)s1. The third kappa shape index (κ3) is 2.46. The molecule has 0 N–H and O–H groups in total. The lowest BCUT2D eigenvalue weighted by molar-refractivity contribution is 0.477. The number of aryl methyl sites for hydroxylation is 1. The van der Waals surface area contributed by atoms with Crippen molar-refractivity contribution in [3.63, 3.8) is 0 Å². The van der Waals surface area contributed by atoms with Crippen molar-refractivity contribution >= 4 is 22.9 Å². The summed E-state index contributed by atoms with van der Waals surface area (Å²) in [4.78, 5) is 5.08. The lowest BCUT2D eigenvalue weighted by atomic mass is 10.3. The first kappa shape index (κ1) is 10.4. The molecule has 5 heteroatoms. The Bertz CT molecular complexity index is 486. The molecule has 1 aromatic carbocycles. The monoisotopic (exact) mass is 243 g/mol. The van der Waals surface area contributed by atoms with E-state index in [9.17, 15) is 4.39 Å². The average molecular weight is 244 g/mol. The molecule has 1 heterocycles. The molecule has 0 bridgehead atoms. The van der Waals surface area contributed by atoms with E-state index in [1.807, 2.05) is 6.92 Å². The summed E-state index contributed by atoms with van der Waals surface area (Å²) < 4.78 is 18.2. The van der Waals surface area contributed by atoms with E-state index in [-0.39, 0.29) is 5.02 Å². The third-order valence-electron chi connectivity index (χ3n) is 1.70. The summed E-state index contributed by atoms with van der Waals surface area (Å²) >= 11 is 7.04. The molecule has 2 nitrogen and oxygen atoms in total. The first-order chi connectivity index (χ1) is 7.15. The minimum Gasteiger partial charge on any atom is -0.431 e. The van der Waals surface area contributed by atoms with Crippen molar-refractivity contribution in [3.05, 3.63) is 40.1 Å². The Morgan fingerprint density at radius 1 is 1.47 bits per heavy atom. The molecule has 0 unspecified atom stereocenters.